The van der Waals surface area contributed by atoms with E-state index in [1.807, 2.05) is 32.0 Å². The average molecular weight is 679 g/mol. The number of nitrogens with one attached hydrogen (secondary N) is 2. The SMILES string of the molecule is C#[S-](NC(=O)c1ccc2c(C3CCCCC3)c3n(c2c1)CC(C(=NC)C(C=N)C(=O)N1C2CCC1CC2)=Cc1cc(OC)ccc1-3)C(C)C. The van der Waals surface area contributed by atoms with E-state index in [0.29, 0.717) is 23.7 Å². The lowest BCUT2D eigenvalue weighted by molar-refractivity contribution is -0.132. The Morgan fingerprint density at radius 1 is 1.04 bits per heavy atom. The number of aromatic nitrogens is 1. The van der Waals surface area contributed by atoms with Gasteiger partial charge in [-0.25, -0.2) is 0 Å². The minimum atomic E-state index is -0.771. The van der Waals surface area contributed by atoms with Gasteiger partial charge in [0.15, 0.2) is 0 Å². The van der Waals surface area contributed by atoms with E-state index in [4.69, 9.17) is 20.8 Å². The van der Waals surface area contributed by atoms with Crippen molar-refractivity contribution >= 4 is 51.2 Å². The Kier molecular flexibility index (Phi) is 9.33. The van der Waals surface area contributed by atoms with E-state index in [-0.39, 0.29) is 29.1 Å². The van der Waals surface area contributed by atoms with Crippen LogP contribution in [-0.4, -0.2) is 64.7 Å². The minimum absolute atomic E-state index is 0.0154. The molecule has 8 nitrogen and oxygen atoms in total. The number of aliphatic imine (C=N–C) groups is 1. The van der Waals surface area contributed by atoms with E-state index in [2.05, 4.69) is 38.5 Å². The lowest BCUT2D eigenvalue weighted by Gasteiger charge is -2.27. The van der Waals surface area contributed by atoms with Gasteiger partial charge in [0, 0.05) is 47.4 Å². The molecule has 1 atom stereocenters. The summed E-state index contributed by atoms with van der Waals surface area (Å²) < 4.78 is 11.1. The Morgan fingerprint density at radius 2 is 1.76 bits per heavy atom. The van der Waals surface area contributed by atoms with Gasteiger partial charge in [0.2, 0.25) is 11.8 Å². The average Bonchev–Trinajstić information content (AvgIpc) is 3.78. The smallest absolute Gasteiger partial charge is 0.237 e. The van der Waals surface area contributed by atoms with Crippen LogP contribution >= 0.6 is 0 Å². The van der Waals surface area contributed by atoms with Crippen LogP contribution < -0.4 is 9.46 Å². The molecule has 1 unspecified atom stereocenters. The van der Waals surface area contributed by atoms with Crippen LogP contribution in [0, 0.1) is 17.0 Å². The maximum Gasteiger partial charge on any atom is 0.237 e. The molecule has 2 aromatic carbocycles. The van der Waals surface area contributed by atoms with Crippen molar-refractivity contribution in [2.24, 2.45) is 10.9 Å². The second kappa shape index (κ2) is 13.7. The van der Waals surface area contributed by atoms with Gasteiger partial charge in [0.25, 0.3) is 0 Å². The van der Waals surface area contributed by atoms with Gasteiger partial charge in [-0.05, 0) is 97.6 Å². The number of nitrogens with zero attached hydrogens (tertiary/aromatic N) is 3. The van der Waals surface area contributed by atoms with Gasteiger partial charge in [-0.2, -0.15) is 0 Å². The van der Waals surface area contributed by atoms with Crippen LogP contribution in [0.15, 0.2) is 47.0 Å². The number of carbonyl (C=O) groups is 2. The molecule has 1 aliphatic carbocycles. The van der Waals surface area contributed by atoms with Crippen LogP contribution in [0.2, 0.25) is 0 Å². The zero-order valence-corrected chi connectivity index (χ0v) is 29.9. The van der Waals surface area contributed by atoms with Gasteiger partial charge >= 0.3 is 0 Å². The summed E-state index contributed by atoms with van der Waals surface area (Å²) in [5.74, 6) is 0.172. The van der Waals surface area contributed by atoms with Crippen molar-refractivity contribution in [3.05, 3.63) is 58.7 Å². The van der Waals surface area contributed by atoms with Crippen LogP contribution in [0.5, 0.6) is 5.75 Å². The number of benzene rings is 2. The molecule has 7 rings (SSSR count). The molecule has 3 fully saturated rings. The van der Waals surface area contributed by atoms with Gasteiger partial charge in [0.1, 0.15) is 11.7 Å². The molecule has 258 valence electrons. The van der Waals surface area contributed by atoms with Gasteiger partial charge < -0.3 is 40.5 Å². The summed E-state index contributed by atoms with van der Waals surface area (Å²) in [6.07, 6.45) is 13.5. The van der Waals surface area contributed by atoms with E-state index in [1.54, 1.807) is 14.2 Å². The number of rotatable bonds is 7. The molecule has 2 saturated heterocycles. The Labute approximate surface area is 292 Å². The molecule has 0 radical (unpaired) electrons. The van der Waals surface area contributed by atoms with Crippen LogP contribution in [0.1, 0.15) is 99.0 Å². The van der Waals surface area contributed by atoms with Crippen LogP contribution in [0.25, 0.3) is 28.2 Å². The normalized spacial score (nSPS) is 21.4. The van der Waals surface area contributed by atoms with Crippen molar-refractivity contribution in [2.75, 3.05) is 14.2 Å². The molecule has 0 spiro atoms. The zero-order valence-electron chi connectivity index (χ0n) is 29.1. The molecule has 4 heterocycles. The topological polar surface area (TPSA) is 99.8 Å². The van der Waals surface area contributed by atoms with Gasteiger partial charge in [0.05, 0.1) is 25.1 Å². The molecule has 1 aromatic heterocycles. The summed E-state index contributed by atoms with van der Waals surface area (Å²) in [6, 6.07) is 12.8. The first-order chi connectivity index (χ1) is 23.7. The number of amides is 2. The number of fused-ring (bicyclic) bond motifs is 7. The quantitative estimate of drug-likeness (QED) is 0.200. The molecule has 2 amide bonds. The Hall–Kier alpha value is -4.07. The maximum absolute atomic E-state index is 14.2. The number of carbonyl (C=O) groups excluding carboxylic acids is 2. The lowest BCUT2D eigenvalue weighted by atomic mass is 9.81. The summed E-state index contributed by atoms with van der Waals surface area (Å²) in [5.41, 5.74) is 13.9. The molecule has 3 aliphatic heterocycles. The first-order valence-corrected chi connectivity index (χ1v) is 19.2. The molecule has 4 aliphatic rings. The third-order valence-corrected chi connectivity index (χ3v) is 12.7. The maximum atomic E-state index is 14.2. The number of ether oxygens (including phenoxy) is 1. The zero-order chi connectivity index (χ0) is 34.4. The van der Waals surface area contributed by atoms with Crippen molar-refractivity contribution in [3.8, 4) is 22.7 Å². The molecule has 1 saturated carbocycles. The number of hydrogen-bond donors (Lipinski definition) is 2. The second-order valence-electron chi connectivity index (χ2n) is 14.4. The third kappa shape index (κ3) is 5.95. The van der Waals surface area contributed by atoms with E-state index in [9.17, 15) is 9.59 Å². The van der Waals surface area contributed by atoms with Crippen LogP contribution in [0.4, 0.5) is 0 Å². The number of allylic oxidation sites excluding steroid dienone is 1. The van der Waals surface area contributed by atoms with E-state index in [0.717, 1.165) is 77.6 Å². The summed E-state index contributed by atoms with van der Waals surface area (Å²) in [5, 5.41) is 9.82. The second-order valence-corrected chi connectivity index (χ2v) is 16.2. The first-order valence-electron chi connectivity index (χ1n) is 17.9. The van der Waals surface area contributed by atoms with Crippen LogP contribution in [-0.2, 0) is 21.8 Å². The highest BCUT2D eigenvalue weighted by atomic mass is 32.2. The number of hydrogen-bond acceptors (Lipinski definition) is 6. The molecule has 49 heavy (non-hydrogen) atoms. The molecule has 2 N–H and O–H groups in total. The van der Waals surface area contributed by atoms with Crippen molar-refractivity contribution < 1.29 is 14.3 Å². The molecular formula is C40H48N5O3S-. The first kappa shape index (κ1) is 33.4. The third-order valence-electron chi connectivity index (χ3n) is 11.3. The van der Waals surface area contributed by atoms with E-state index >= 15 is 0 Å². The van der Waals surface area contributed by atoms with Gasteiger partial charge in [-0.1, -0.05) is 39.2 Å². The summed E-state index contributed by atoms with van der Waals surface area (Å²) >= 11 is 0. The predicted molar refractivity (Wildman–Crippen MR) is 201 cm³/mol. The fourth-order valence-electron chi connectivity index (χ4n) is 8.80. The predicted octanol–water partition coefficient (Wildman–Crippen LogP) is 7.51. The molecule has 2 bridgehead atoms. The Bertz CT molecular complexity index is 1940. The standard InChI is InChI=1S/C40H48N5O3S/c1-24(2)49(5)43-39(46)26-11-17-33-35(21-26)44-23-28(37(42-3)34(22-41)40(47)45-29-12-13-30(45)15-14-29)19-27-20-31(48-4)16-18-32(27)38(44)36(33)25-9-7-6-8-10-25/h5,11,16-22,24-25,29-30,34,41H,6-10,12-15,23H2,1-4H3,(H,43,46)/q-1. The van der Waals surface area contributed by atoms with Crippen molar-refractivity contribution in [1.29, 1.82) is 5.41 Å². The fourth-order valence-corrected chi connectivity index (χ4v) is 9.37. The Morgan fingerprint density at radius 3 is 2.39 bits per heavy atom. The van der Waals surface area contributed by atoms with Gasteiger partial charge in [-0.3, -0.25) is 14.6 Å². The van der Waals surface area contributed by atoms with Crippen molar-refractivity contribution in [2.45, 2.75) is 101 Å². The Balaban J connectivity index is 1.41. The molecule has 9 heteroatoms. The highest BCUT2D eigenvalue weighted by Crippen LogP contribution is 2.47. The highest BCUT2D eigenvalue weighted by molar-refractivity contribution is 7.85. The van der Waals surface area contributed by atoms with E-state index < -0.39 is 16.4 Å². The van der Waals surface area contributed by atoms with Gasteiger partial charge in [-0.15, -0.1) is 5.25 Å². The summed E-state index contributed by atoms with van der Waals surface area (Å²) in [7, 11) is 2.67. The fraction of sp³-hybridized carbons (Fsp3) is 0.475. The minimum Gasteiger partial charge on any atom is -0.497 e. The number of methoxy groups -OCH3 is 1. The van der Waals surface area contributed by atoms with Crippen molar-refractivity contribution in [3.63, 3.8) is 0 Å². The van der Waals surface area contributed by atoms with Crippen LogP contribution in [0.3, 0.4) is 0 Å². The van der Waals surface area contributed by atoms with Crippen molar-refractivity contribution in [1.82, 2.24) is 14.2 Å². The summed E-state index contributed by atoms with van der Waals surface area (Å²) in [4.78, 5) is 34.6. The lowest BCUT2D eigenvalue weighted by Crippen LogP contribution is -2.43. The molecule has 3 aromatic rings. The van der Waals surface area contributed by atoms with E-state index in [1.165, 1.54) is 31.0 Å². The monoisotopic (exact) mass is 678 g/mol. The highest BCUT2D eigenvalue weighted by Gasteiger charge is 2.45. The molecular weight excluding hydrogens is 631 g/mol. The summed E-state index contributed by atoms with van der Waals surface area (Å²) in [6.45, 7) is 4.46. The largest absolute Gasteiger partial charge is 0.497 e.